The van der Waals surface area contributed by atoms with E-state index in [4.69, 9.17) is 0 Å². The number of rotatable bonds is 5. The number of benzene rings is 1. The van der Waals surface area contributed by atoms with E-state index in [9.17, 15) is 0 Å². The lowest BCUT2D eigenvalue weighted by Gasteiger charge is -2.10. The zero-order valence-electron chi connectivity index (χ0n) is 11.6. The predicted molar refractivity (Wildman–Crippen MR) is 93.0 cm³/mol. The van der Waals surface area contributed by atoms with Crippen molar-refractivity contribution < 1.29 is 0 Å². The van der Waals surface area contributed by atoms with Crippen LogP contribution in [0.5, 0.6) is 0 Å². The molecule has 2 aromatic heterocycles. The summed E-state index contributed by atoms with van der Waals surface area (Å²) in [6, 6.07) is 10.1. The van der Waals surface area contributed by atoms with Crippen molar-refractivity contribution in [3.63, 3.8) is 0 Å². The fraction of sp³-hybridized carbons (Fsp3) is 0.200. The molecule has 0 spiro atoms. The second-order valence-electron chi connectivity index (χ2n) is 4.49. The molecule has 6 heteroatoms. The summed E-state index contributed by atoms with van der Waals surface area (Å²) in [7, 11) is 0. The van der Waals surface area contributed by atoms with E-state index in [2.05, 4.69) is 48.0 Å². The summed E-state index contributed by atoms with van der Waals surface area (Å²) < 4.78 is 1.13. The lowest BCUT2D eigenvalue weighted by molar-refractivity contribution is 1.08. The standard InChI is InChI=1S/C15H15BrN4S/c1-2-17-15-19-12-6-4-3-5-10(12)14(20-15)18-9-13-11(16)7-8-21-13/h3-8H,2,9H2,1H3,(H2,17,18,19,20). The Balaban J connectivity index is 1.93. The first kappa shape index (κ1) is 14.3. The first-order chi connectivity index (χ1) is 10.3. The molecule has 0 aliphatic carbocycles. The van der Waals surface area contributed by atoms with Crippen LogP contribution in [0.25, 0.3) is 10.9 Å². The van der Waals surface area contributed by atoms with Crippen molar-refractivity contribution in [1.29, 1.82) is 0 Å². The molecule has 0 bridgehead atoms. The largest absolute Gasteiger partial charge is 0.364 e. The highest BCUT2D eigenvalue weighted by molar-refractivity contribution is 9.10. The zero-order chi connectivity index (χ0) is 14.7. The molecule has 0 amide bonds. The Morgan fingerprint density at radius 3 is 2.76 bits per heavy atom. The maximum Gasteiger partial charge on any atom is 0.225 e. The smallest absolute Gasteiger partial charge is 0.225 e. The monoisotopic (exact) mass is 362 g/mol. The molecule has 3 aromatic rings. The maximum absolute atomic E-state index is 4.58. The SMILES string of the molecule is CCNc1nc(NCc2sccc2Br)c2ccccc2n1. The first-order valence-electron chi connectivity index (χ1n) is 6.74. The zero-order valence-corrected chi connectivity index (χ0v) is 14.0. The fourth-order valence-corrected chi connectivity index (χ4v) is 3.50. The Labute approximate surface area is 135 Å². The maximum atomic E-state index is 4.58. The van der Waals surface area contributed by atoms with Gasteiger partial charge in [0.1, 0.15) is 5.82 Å². The summed E-state index contributed by atoms with van der Waals surface area (Å²) in [4.78, 5) is 10.3. The van der Waals surface area contributed by atoms with Gasteiger partial charge in [-0.2, -0.15) is 4.98 Å². The molecule has 0 saturated carbocycles. The number of nitrogens with zero attached hydrogens (tertiary/aromatic N) is 2. The molecular weight excluding hydrogens is 348 g/mol. The summed E-state index contributed by atoms with van der Waals surface area (Å²) in [5.74, 6) is 1.51. The van der Waals surface area contributed by atoms with Crippen LogP contribution in [0.1, 0.15) is 11.8 Å². The van der Waals surface area contributed by atoms with Gasteiger partial charge in [0.15, 0.2) is 0 Å². The molecule has 3 rings (SSSR count). The van der Waals surface area contributed by atoms with Gasteiger partial charge in [-0.05, 0) is 46.4 Å². The molecule has 0 radical (unpaired) electrons. The second kappa shape index (κ2) is 6.41. The van der Waals surface area contributed by atoms with E-state index in [0.29, 0.717) is 5.95 Å². The van der Waals surface area contributed by atoms with Gasteiger partial charge in [-0.3, -0.25) is 0 Å². The van der Waals surface area contributed by atoms with Gasteiger partial charge in [0.2, 0.25) is 5.95 Å². The van der Waals surface area contributed by atoms with Gasteiger partial charge in [0.05, 0.1) is 12.1 Å². The van der Waals surface area contributed by atoms with E-state index in [1.165, 1.54) is 4.88 Å². The first-order valence-corrected chi connectivity index (χ1v) is 8.41. The lowest BCUT2D eigenvalue weighted by Crippen LogP contribution is -2.07. The van der Waals surface area contributed by atoms with Crippen LogP contribution in [0.15, 0.2) is 40.2 Å². The van der Waals surface area contributed by atoms with Gasteiger partial charge in [-0.25, -0.2) is 4.98 Å². The van der Waals surface area contributed by atoms with Gasteiger partial charge in [0, 0.05) is 21.3 Å². The van der Waals surface area contributed by atoms with E-state index in [0.717, 1.165) is 34.3 Å². The van der Waals surface area contributed by atoms with Crippen molar-refractivity contribution in [1.82, 2.24) is 9.97 Å². The average molecular weight is 363 g/mol. The summed E-state index contributed by atoms with van der Waals surface area (Å²) in [5.41, 5.74) is 0.941. The van der Waals surface area contributed by atoms with Gasteiger partial charge in [0.25, 0.3) is 0 Å². The number of para-hydroxylation sites is 1. The minimum Gasteiger partial charge on any atom is -0.364 e. The Kier molecular flexibility index (Phi) is 4.36. The number of hydrogen-bond donors (Lipinski definition) is 2. The van der Waals surface area contributed by atoms with Gasteiger partial charge in [-0.15, -0.1) is 11.3 Å². The lowest BCUT2D eigenvalue weighted by atomic mass is 10.2. The second-order valence-corrected chi connectivity index (χ2v) is 6.34. The summed E-state index contributed by atoms with van der Waals surface area (Å²) in [6.45, 7) is 3.58. The fourth-order valence-electron chi connectivity index (χ4n) is 2.06. The van der Waals surface area contributed by atoms with Crippen LogP contribution in [0.2, 0.25) is 0 Å². The van der Waals surface area contributed by atoms with Gasteiger partial charge in [-0.1, -0.05) is 12.1 Å². The van der Waals surface area contributed by atoms with E-state index < -0.39 is 0 Å². The number of thiophene rings is 1. The highest BCUT2D eigenvalue weighted by atomic mass is 79.9. The van der Waals surface area contributed by atoms with Crippen molar-refractivity contribution in [3.8, 4) is 0 Å². The van der Waals surface area contributed by atoms with Crippen LogP contribution in [-0.2, 0) is 6.54 Å². The topological polar surface area (TPSA) is 49.8 Å². The van der Waals surface area contributed by atoms with E-state index in [1.807, 2.05) is 31.2 Å². The molecule has 4 nitrogen and oxygen atoms in total. The van der Waals surface area contributed by atoms with Gasteiger partial charge < -0.3 is 10.6 Å². The number of halogens is 1. The van der Waals surface area contributed by atoms with Crippen LogP contribution in [-0.4, -0.2) is 16.5 Å². The van der Waals surface area contributed by atoms with Crippen LogP contribution in [0, 0.1) is 0 Å². The Morgan fingerprint density at radius 1 is 1.14 bits per heavy atom. The van der Waals surface area contributed by atoms with Crippen LogP contribution < -0.4 is 10.6 Å². The molecular formula is C15H15BrN4S. The molecule has 2 heterocycles. The molecule has 0 unspecified atom stereocenters. The number of aromatic nitrogens is 2. The van der Waals surface area contributed by atoms with Crippen molar-refractivity contribution >= 4 is 49.9 Å². The van der Waals surface area contributed by atoms with Crippen LogP contribution in [0.4, 0.5) is 11.8 Å². The van der Waals surface area contributed by atoms with Crippen molar-refractivity contribution in [3.05, 3.63) is 45.1 Å². The third-order valence-electron chi connectivity index (χ3n) is 3.05. The summed E-state index contributed by atoms with van der Waals surface area (Å²) in [6.07, 6.45) is 0. The van der Waals surface area contributed by atoms with E-state index >= 15 is 0 Å². The van der Waals surface area contributed by atoms with Crippen LogP contribution in [0.3, 0.4) is 0 Å². The predicted octanol–water partition coefficient (Wildman–Crippen LogP) is 4.50. The van der Waals surface area contributed by atoms with Crippen molar-refractivity contribution in [2.75, 3.05) is 17.2 Å². The molecule has 1 aromatic carbocycles. The highest BCUT2D eigenvalue weighted by Gasteiger charge is 2.08. The Bertz CT molecular complexity index is 756. The van der Waals surface area contributed by atoms with E-state index in [-0.39, 0.29) is 0 Å². The number of anilines is 2. The van der Waals surface area contributed by atoms with Crippen molar-refractivity contribution in [2.24, 2.45) is 0 Å². The quantitative estimate of drug-likeness (QED) is 0.701. The third-order valence-corrected chi connectivity index (χ3v) is 4.97. The molecule has 108 valence electrons. The number of hydrogen-bond acceptors (Lipinski definition) is 5. The third kappa shape index (κ3) is 3.16. The highest BCUT2D eigenvalue weighted by Crippen LogP contribution is 2.26. The normalized spacial score (nSPS) is 10.8. The molecule has 2 N–H and O–H groups in total. The van der Waals surface area contributed by atoms with E-state index in [1.54, 1.807) is 11.3 Å². The average Bonchev–Trinajstić information content (AvgIpc) is 2.90. The van der Waals surface area contributed by atoms with Crippen LogP contribution >= 0.6 is 27.3 Å². The summed E-state index contributed by atoms with van der Waals surface area (Å²) in [5, 5.41) is 9.70. The molecule has 0 saturated heterocycles. The van der Waals surface area contributed by atoms with Gasteiger partial charge >= 0.3 is 0 Å². The molecule has 0 aliphatic rings. The molecule has 0 fully saturated rings. The summed E-state index contributed by atoms with van der Waals surface area (Å²) >= 11 is 5.27. The minimum atomic E-state index is 0.656. The molecule has 21 heavy (non-hydrogen) atoms. The Morgan fingerprint density at radius 2 is 2.00 bits per heavy atom. The Hall–Kier alpha value is -1.66. The molecule has 0 aliphatic heterocycles. The minimum absolute atomic E-state index is 0.656. The number of nitrogens with one attached hydrogen (secondary N) is 2. The van der Waals surface area contributed by atoms with Crippen molar-refractivity contribution in [2.45, 2.75) is 13.5 Å². The number of fused-ring (bicyclic) bond motifs is 1. The molecule has 0 atom stereocenters.